The van der Waals surface area contributed by atoms with Crippen molar-refractivity contribution in [2.75, 3.05) is 13.1 Å². The van der Waals surface area contributed by atoms with Gasteiger partial charge in [-0.15, -0.1) is 6.42 Å². The van der Waals surface area contributed by atoms with Crippen LogP contribution in [0.5, 0.6) is 0 Å². The predicted octanol–water partition coefficient (Wildman–Crippen LogP) is 1.64. The number of rotatable bonds is 6. The van der Waals surface area contributed by atoms with E-state index in [1.165, 1.54) is 5.56 Å². The fraction of sp³-hybridized carbons (Fsp3) is 0.357. The van der Waals surface area contributed by atoms with E-state index in [9.17, 15) is 4.79 Å². The number of carbonyl (C=O) groups is 1. The highest BCUT2D eigenvalue weighted by atomic mass is 16.4. The maximum atomic E-state index is 10.7. The van der Waals surface area contributed by atoms with Gasteiger partial charge in [0.25, 0.3) is 0 Å². The fourth-order valence-electron chi connectivity index (χ4n) is 1.74. The molecule has 0 spiro atoms. The van der Waals surface area contributed by atoms with E-state index >= 15 is 0 Å². The molecule has 0 saturated carbocycles. The molecule has 3 heteroatoms. The SMILES string of the molecule is C#CCN(CC(=O)O)C(C)Cc1ccccc1. The van der Waals surface area contributed by atoms with Crippen LogP contribution in [0, 0.1) is 12.3 Å². The van der Waals surface area contributed by atoms with Gasteiger partial charge in [-0.2, -0.15) is 0 Å². The third kappa shape index (κ3) is 4.71. The highest BCUT2D eigenvalue weighted by Gasteiger charge is 2.16. The predicted molar refractivity (Wildman–Crippen MR) is 67.6 cm³/mol. The number of terminal acetylenes is 1. The van der Waals surface area contributed by atoms with E-state index in [2.05, 4.69) is 5.92 Å². The first kappa shape index (κ1) is 13.3. The summed E-state index contributed by atoms with van der Waals surface area (Å²) in [5.41, 5.74) is 1.19. The highest BCUT2D eigenvalue weighted by Crippen LogP contribution is 2.08. The summed E-state index contributed by atoms with van der Waals surface area (Å²) in [5, 5.41) is 8.82. The van der Waals surface area contributed by atoms with Gasteiger partial charge in [0.1, 0.15) is 0 Å². The van der Waals surface area contributed by atoms with E-state index in [0.717, 1.165) is 6.42 Å². The summed E-state index contributed by atoms with van der Waals surface area (Å²) in [6.07, 6.45) is 6.05. The molecular formula is C14H17NO2. The number of hydrogen-bond acceptors (Lipinski definition) is 2. The largest absolute Gasteiger partial charge is 0.480 e. The fourth-order valence-corrected chi connectivity index (χ4v) is 1.74. The summed E-state index contributed by atoms with van der Waals surface area (Å²) in [4.78, 5) is 12.5. The van der Waals surface area contributed by atoms with Crippen molar-refractivity contribution in [2.45, 2.75) is 19.4 Å². The number of aliphatic carboxylic acids is 1. The Morgan fingerprint density at radius 1 is 1.47 bits per heavy atom. The van der Waals surface area contributed by atoms with Gasteiger partial charge in [-0.1, -0.05) is 36.3 Å². The minimum Gasteiger partial charge on any atom is -0.480 e. The van der Waals surface area contributed by atoms with Crippen LogP contribution in [0.4, 0.5) is 0 Å². The van der Waals surface area contributed by atoms with Crippen LogP contribution in [-0.2, 0) is 11.2 Å². The average Bonchev–Trinajstić information content (AvgIpc) is 2.29. The van der Waals surface area contributed by atoms with E-state index < -0.39 is 5.97 Å². The third-order valence-corrected chi connectivity index (χ3v) is 2.63. The van der Waals surface area contributed by atoms with Crippen molar-refractivity contribution in [3.63, 3.8) is 0 Å². The van der Waals surface area contributed by atoms with Crippen molar-refractivity contribution in [3.05, 3.63) is 35.9 Å². The molecule has 0 fully saturated rings. The van der Waals surface area contributed by atoms with Crippen LogP contribution >= 0.6 is 0 Å². The summed E-state index contributed by atoms with van der Waals surface area (Å²) in [5.74, 6) is 1.66. The van der Waals surface area contributed by atoms with Crippen molar-refractivity contribution in [1.29, 1.82) is 0 Å². The van der Waals surface area contributed by atoms with E-state index in [1.807, 2.05) is 37.3 Å². The molecule has 3 nitrogen and oxygen atoms in total. The Morgan fingerprint density at radius 3 is 2.65 bits per heavy atom. The Morgan fingerprint density at radius 2 is 2.12 bits per heavy atom. The lowest BCUT2D eigenvalue weighted by Gasteiger charge is -2.25. The first-order valence-corrected chi connectivity index (χ1v) is 5.56. The molecule has 0 aliphatic rings. The molecule has 17 heavy (non-hydrogen) atoms. The van der Waals surface area contributed by atoms with Crippen LogP contribution in [0.25, 0.3) is 0 Å². The van der Waals surface area contributed by atoms with Crippen LogP contribution < -0.4 is 0 Å². The van der Waals surface area contributed by atoms with Crippen molar-refractivity contribution in [1.82, 2.24) is 4.90 Å². The summed E-state index contributed by atoms with van der Waals surface area (Å²) < 4.78 is 0. The molecule has 1 N–H and O–H groups in total. The molecule has 1 aromatic rings. The molecule has 0 bridgehead atoms. The van der Waals surface area contributed by atoms with E-state index in [0.29, 0.717) is 6.54 Å². The Labute approximate surface area is 102 Å². The summed E-state index contributed by atoms with van der Waals surface area (Å²) >= 11 is 0. The van der Waals surface area contributed by atoms with E-state index in [-0.39, 0.29) is 12.6 Å². The smallest absolute Gasteiger partial charge is 0.317 e. The first-order valence-electron chi connectivity index (χ1n) is 5.56. The number of benzene rings is 1. The van der Waals surface area contributed by atoms with Crippen LogP contribution in [0.1, 0.15) is 12.5 Å². The minimum atomic E-state index is -0.847. The van der Waals surface area contributed by atoms with Crippen LogP contribution in [0.3, 0.4) is 0 Å². The zero-order valence-corrected chi connectivity index (χ0v) is 9.97. The molecule has 0 aliphatic carbocycles. The monoisotopic (exact) mass is 231 g/mol. The second-order valence-electron chi connectivity index (χ2n) is 4.04. The van der Waals surface area contributed by atoms with Gasteiger partial charge >= 0.3 is 5.97 Å². The van der Waals surface area contributed by atoms with Gasteiger partial charge in [-0.25, -0.2) is 0 Å². The quantitative estimate of drug-likeness (QED) is 0.757. The molecule has 0 aromatic heterocycles. The summed E-state index contributed by atoms with van der Waals surface area (Å²) in [6.45, 7) is 2.34. The maximum Gasteiger partial charge on any atom is 0.317 e. The lowest BCUT2D eigenvalue weighted by molar-refractivity contribution is -0.138. The van der Waals surface area contributed by atoms with Gasteiger partial charge in [0.2, 0.25) is 0 Å². The molecule has 0 radical (unpaired) electrons. The lowest BCUT2D eigenvalue weighted by atomic mass is 10.1. The average molecular weight is 231 g/mol. The number of carboxylic acid groups (broad SMARTS) is 1. The van der Waals surface area contributed by atoms with Gasteiger partial charge in [0.15, 0.2) is 0 Å². The molecule has 0 amide bonds. The van der Waals surface area contributed by atoms with Gasteiger partial charge in [-0.3, -0.25) is 9.69 Å². The van der Waals surface area contributed by atoms with Crippen LogP contribution in [-0.4, -0.2) is 35.1 Å². The van der Waals surface area contributed by atoms with Crippen LogP contribution in [0.2, 0.25) is 0 Å². The topological polar surface area (TPSA) is 40.5 Å². The normalized spacial score (nSPS) is 12.1. The number of carboxylic acids is 1. The summed E-state index contributed by atoms with van der Waals surface area (Å²) in [7, 11) is 0. The molecule has 1 atom stereocenters. The first-order chi connectivity index (χ1) is 8.13. The zero-order valence-electron chi connectivity index (χ0n) is 9.97. The standard InChI is InChI=1S/C14H17NO2/c1-3-9-15(11-14(16)17)12(2)10-13-7-5-4-6-8-13/h1,4-8,12H,9-11H2,2H3,(H,16,17). The molecule has 0 saturated heterocycles. The van der Waals surface area contributed by atoms with Gasteiger partial charge < -0.3 is 5.11 Å². The van der Waals surface area contributed by atoms with E-state index in [4.69, 9.17) is 11.5 Å². The maximum absolute atomic E-state index is 10.7. The Hall–Kier alpha value is -1.79. The number of hydrogen-bond donors (Lipinski definition) is 1. The molecule has 1 unspecified atom stereocenters. The van der Waals surface area contributed by atoms with Gasteiger partial charge in [0, 0.05) is 6.04 Å². The highest BCUT2D eigenvalue weighted by molar-refractivity contribution is 5.69. The van der Waals surface area contributed by atoms with Crippen molar-refractivity contribution in [2.24, 2.45) is 0 Å². The van der Waals surface area contributed by atoms with Crippen molar-refractivity contribution >= 4 is 5.97 Å². The van der Waals surface area contributed by atoms with Crippen molar-refractivity contribution in [3.8, 4) is 12.3 Å². The van der Waals surface area contributed by atoms with Gasteiger partial charge in [-0.05, 0) is 18.9 Å². The van der Waals surface area contributed by atoms with E-state index in [1.54, 1.807) is 4.90 Å². The third-order valence-electron chi connectivity index (χ3n) is 2.63. The Balaban J connectivity index is 2.62. The molecular weight excluding hydrogens is 214 g/mol. The number of nitrogens with zero attached hydrogens (tertiary/aromatic N) is 1. The summed E-state index contributed by atoms with van der Waals surface area (Å²) in [6, 6.07) is 10.1. The lowest BCUT2D eigenvalue weighted by Crippen LogP contribution is -2.38. The molecule has 1 aromatic carbocycles. The van der Waals surface area contributed by atoms with Crippen molar-refractivity contribution < 1.29 is 9.90 Å². The second kappa shape index (κ2) is 6.72. The zero-order chi connectivity index (χ0) is 12.7. The Bertz CT molecular complexity index is 394. The Kier molecular flexibility index (Phi) is 5.25. The molecule has 1 rings (SSSR count). The second-order valence-corrected chi connectivity index (χ2v) is 4.04. The molecule has 0 aliphatic heterocycles. The van der Waals surface area contributed by atoms with Gasteiger partial charge in [0.05, 0.1) is 13.1 Å². The molecule has 0 heterocycles. The minimum absolute atomic E-state index is 0.0157. The molecule has 90 valence electrons. The van der Waals surface area contributed by atoms with Crippen LogP contribution in [0.15, 0.2) is 30.3 Å².